The van der Waals surface area contributed by atoms with Crippen LogP contribution in [0, 0.1) is 10.1 Å². The van der Waals surface area contributed by atoms with Crippen molar-refractivity contribution >= 4 is 28.2 Å². The zero-order chi connectivity index (χ0) is 10.3. The van der Waals surface area contributed by atoms with Crippen LogP contribution in [0.1, 0.15) is 0 Å². The highest BCUT2D eigenvalue weighted by Gasteiger charge is 2.15. The van der Waals surface area contributed by atoms with Crippen molar-refractivity contribution in [2.75, 3.05) is 0 Å². The van der Waals surface area contributed by atoms with Gasteiger partial charge in [-0.1, -0.05) is 11.6 Å². The number of aryl methyl sites for hydroxylation is 1. The summed E-state index contributed by atoms with van der Waals surface area (Å²) in [5.74, 6) is 0. The molecule has 2 rings (SSSR count). The van der Waals surface area contributed by atoms with Gasteiger partial charge in [0.05, 0.1) is 10.3 Å². The lowest BCUT2D eigenvalue weighted by Gasteiger charge is -1.93. The van der Waals surface area contributed by atoms with Crippen LogP contribution in [0.25, 0.3) is 10.9 Å². The molecule has 0 fully saturated rings. The number of nitrogens with zero attached hydrogens (tertiary/aromatic N) is 3. The van der Waals surface area contributed by atoms with Crippen molar-refractivity contribution in [2.24, 2.45) is 7.05 Å². The third kappa shape index (κ3) is 1.31. The van der Waals surface area contributed by atoms with Crippen molar-refractivity contribution in [3.63, 3.8) is 0 Å². The number of rotatable bonds is 1. The standard InChI is InChI=1S/C8H6ClN3O2/c1-11-4-6-7(10-11)2-5(9)3-8(6)12(13)14/h2-4H,1H3. The molecule has 2 aromatic rings. The number of aromatic nitrogens is 2. The Bertz CT molecular complexity index is 521. The molecule has 1 aromatic carbocycles. The van der Waals surface area contributed by atoms with E-state index in [2.05, 4.69) is 5.10 Å². The van der Waals surface area contributed by atoms with E-state index in [1.165, 1.54) is 10.7 Å². The van der Waals surface area contributed by atoms with Gasteiger partial charge in [0.1, 0.15) is 5.52 Å². The van der Waals surface area contributed by atoms with Crippen LogP contribution in [0.4, 0.5) is 5.69 Å². The summed E-state index contributed by atoms with van der Waals surface area (Å²) in [7, 11) is 1.71. The zero-order valence-corrected chi connectivity index (χ0v) is 8.02. The van der Waals surface area contributed by atoms with Crippen molar-refractivity contribution < 1.29 is 4.92 Å². The fourth-order valence-electron chi connectivity index (χ4n) is 1.34. The second kappa shape index (κ2) is 2.95. The number of benzene rings is 1. The molecule has 0 unspecified atom stereocenters. The summed E-state index contributed by atoms with van der Waals surface area (Å²) in [4.78, 5) is 10.2. The van der Waals surface area contributed by atoms with Gasteiger partial charge in [-0.05, 0) is 6.07 Å². The number of fused-ring (bicyclic) bond motifs is 1. The minimum Gasteiger partial charge on any atom is -0.274 e. The van der Waals surface area contributed by atoms with Crippen molar-refractivity contribution in [2.45, 2.75) is 0 Å². The van der Waals surface area contributed by atoms with Crippen molar-refractivity contribution in [1.82, 2.24) is 9.78 Å². The lowest BCUT2D eigenvalue weighted by molar-refractivity contribution is -0.383. The summed E-state index contributed by atoms with van der Waals surface area (Å²) in [6.45, 7) is 0. The first kappa shape index (κ1) is 8.96. The van der Waals surface area contributed by atoms with Gasteiger partial charge < -0.3 is 0 Å². The normalized spacial score (nSPS) is 10.7. The van der Waals surface area contributed by atoms with E-state index in [1.807, 2.05) is 0 Å². The molecule has 0 aliphatic heterocycles. The molecule has 14 heavy (non-hydrogen) atoms. The fraction of sp³-hybridized carbons (Fsp3) is 0.125. The Kier molecular flexibility index (Phi) is 1.89. The number of hydrogen-bond acceptors (Lipinski definition) is 3. The van der Waals surface area contributed by atoms with Gasteiger partial charge in [-0.25, -0.2) is 0 Å². The van der Waals surface area contributed by atoms with E-state index in [0.29, 0.717) is 15.9 Å². The first-order valence-electron chi connectivity index (χ1n) is 3.85. The van der Waals surface area contributed by atoms with Gasteiger partial charge in [0.25, 0.3) is 5.69 Å². The summed E-state index contributed by atoms with van der Waals surface area (Å²) in [6, 6.07) is 2.93. The average Bonchev–Trinajstić information content (AvgIpc) is 2.42. The first-order chi connectivity index (χ1) is 6.58. The van der Waals surface area contributed by atoms with Gasteiger partial charge in [0, 0.05) is 24.3 Å². The van der Waals surface area contributed by atoms with Gasteiger partial charge in [-0.3, -0.25) is 14.8 Å². The number of hydrogen-bond donors (Lipinski definition) is 0. The molecule has 0 amide bonds. The van der Waals surface area contributed by atoms with Gasteiger partial charge in [-0.15, -0.1) is 0 Å². The second-order valence-electron chi connectivity index (χ2n) is 2.92. The van der Waals surface area contributed by atoms with Crippen LogP contribution >= 0.6 is 11.6 Å². The summed E-state index contributed by atoms with van der Waals surface area (Å²) in [5.41, 5.74) is 0.521. The van der Waals surface area contributed by atoms with E-state index in [4.69, 9.17) is 11.6 Å². The summed E-state index contributed by atoms with van der Waals surface area (Å²) in [5, 5.41) is 15.6. The molecule has 0 N–H and O–H groups in total. The quantitative estimate of drug-likeness (QED) is 0.536. The summed E-state index contributed by atoms with van der Waals surface area (Å²) < 4.78 is 1.52. The molecule has 0 aliphatic rings. The van der Waals surface area contributed by atoms with Crippen LogP contribution in [0.5, 0.6) is 0 Å². The van der Waals surface area contributed by atoms with Crippen molar-refractivity contribution in [1.29, 1.82) is 0 Å². The number of non-ortho nitro benzene ring substituents is 1. The minimum atomic E-state index is -0.462. The van der Waals surface area contributed by atoms with Crippen LogP contribution in [-0.2, 0) is 7.05 Å². The Labute approximate surface area is 84.0 Å². The minimum absolute atomic E-state index is 0.0133. The molecule has 0 saturated carbocycles. The van der Waals surface area contributed by atoms with Crippen LogP contribution in [-0.4, -0.2) is 14.7 Å². The Balaban J connectivity index is 2.85. The van der Waals surface area contributed by atoms with E-state index in [0.717, 1.165) is 0 Å². The van der Waals surface area contributed by atoms with E-state index in [1.54, 1.807) is 19.3 Å². The van der Waals surface area contributed by atoms with E-state index >= 15 is 0 Å². The molecule has 6 heteroatoms. The molecule has 0 spiro atoms. The highest BCUT2D eigenvalue weighted by atomic mass is 35.5. The van der Waals surface area contributed by atoms with Gasteiger partial charge >= 0.3 is 0 Å². The fourth-order valence-corrected chi connectivity index (χ4v) is 1.55. The van der Waals surface area contributed by atoms with E-state index < -0.39 is 4.92 Å². The lowest BCUT2D eigenvalue weighted by Crippen LogP contribution is -1.88. The smallest absolute Gasteiger partial charge is 0.274 e. The molecule has 0 atom stereocenters. The topological polar surface area (TPSA) is 61.0 Å². The highest BCUT2D eigenvalue weighted by molar-refractivity contribution is 6.31. The van der Waals surface area contributed by atoms with Crippen LogP contribution < -0.4 is 0 Å². The third-order valence-corrected chi connectivity index (χ3v) is 2.10. The van der Waals surface area contributed by atoms with Crippen molar-refractivity contribution in [3.05, 3.63) is 33.5 Å². The molecule has 1 aromatic heterocycles. The summed E-state index contributed by atoms with van der Waals surface area (Å²) >= 11 is 5.72. The maximum Gasteiger partial charge on any atom is 0.281 e. The SMILES string of the molecule is Cn1cc2c([N+](=O)[O-])cc(Cl)cc2n1. The van der Waals surface area contributed by atoms with E-state index in [-0.39, 0.29) is 5.69 Å². The van der Waals surface area contributed by atoms with Crippen LogP contribution in [0.3, 0.4) is 0 Å². The van der Waals surface area contributed by atoms with Crippen molar-refractivity contribution in [3.8, 4) is 0 Å². The van der Waals surface area contributed by atoms with E-state index in [9.17, 15) is 10.1 Å². The monoisotopic (exact) mass is 211 g/mol. The first-order valence-corrected chi connectivity index (χ1v) is 4.23. The van der Waals surface area contributed by atoms with Crippen LogP contribution in [0.2, 0.25) is 5.02 Å². The summed E-state index contributed by atoms with van der Waals surface area (Å²) in [6.07, 6.45) is 1.60. The maximum atomic E-state index is 10.7. The van der Waals surface area contributed by atoms with Crippen LogP contribution in [0.15, 0.2) is 18.3 Å². The molecule has 0 aliphatic carbocycles. The Morgan fingerprint density at radius 3 is 2.93 bits per heavy atom. The van der Waals surface area contributed by atoms with Gasteiger partial charge in [-0.2, -0.15) is 5.10 Å². The molecule has 5 nitrogen and oxygen atoms in total. The Morgan fingerprint density at radius 2 is 2.29 bits per heavy atom. The number of halogens is 1. The molecule has 1 heterocycles. The Hall–Kier alpha value is -1.62. The molecular weight excluding hydrogens is 206 g/mol. The van der Waals surface area contributed by atoms with Gasteiger partial charge in [0.2, 0.25) is 0 Å². The number of nitro groups is 1. The molecule has 72 valence electrons. The average molecular weight is 212 g/mol. The molecule has 0 radical (unpaired) electrons. The Morgan fingerprint density at radius 1 is 1.57 bits per heavy atom. The maximum absolute atomic E-state index is 10.7. The zero-order valence-electron chi connectivity index (χ0n) is 7.27. The van der Waals surface area contributed by atoms with Gasteiger partial charge in [0.15, 0.2) is 0 Å². The number of nitro benzene ring substituents is 1. The predicted octanol–water partition coefficient (Wildman–Crippen LogP) is 2.13. The largest absolute Gasteiger partial charge is 0.281 e. The molecule has 0 bridgehead atoms. The second-order valence-corrected chi connectivity index (χ2v) is 3.35. The predicted molar refractivity (Wildman–Crippen MR) is 52.4 cm³/mol. The molecule has 0 saturated heterocycles. The third-order valence-electron chi connectivity index (χ3n) is 1.88. The lowest BCUT2D eigenvalue weighted by atomic mass is 10.2. The highest BCUT2D eigenvalue weighted by Crippen LogP contribution is 2.28. The molecular formula is C8H6ClN3O2.